The van der Waals surface area contributed by atoms with Crippen LogP contribution in [0.2, 0.25) is 0 Å². The van der Waals surface area contributed by atoms with Crippen molar-refractivity contribution in [1.82, 2.24) is 9.80 Å². The molecule has 1 aliphatic heterocycles. The molecule has 0 aliphatic carbocycles. The van der Waals surface area contributed by atoms with Gasteiger partial charge in [-0.25, -0.2) is 14.0 Å². The number of carbonyl (C=O) groups excluding carboxylic acids is 3. The number of aliphatic hydroxyl groups is 1. The molecule has 4 atom stereocenters. The molecule has 276 valence electrons. The molecule has 5 rings (SSSR count). The zero-order chi connectivity index (χ0) is 37.2. The summed E-state index contributed by atoms with van der Waals surface area (Å²) in [7, 11) is 1.72. The predicted molar refractivity (Wildman–Crippen MR) is 202 cm³/mol. The van der Waals surface area contributed by atoms with Crippen LogP contribution in [-0.2, 0) is 4.74 Å². The standard InChI is InChI=1S/C40H48FN5O6/c1-26-23-46(27(2)25-47)38(48)34-22-32(43-39(49)42-31-17-15-30(41)16-18-31)19-20-36(34)52-28(3)10-7-8-21-51-37(26)24-45(4)40(50)44-35-14-9-12-29-11-5-6-13-33(29)35/h5-6,9,11-20,22,26-28,37,47H,7-8,10,21,23-25H2,1-4H3,(H,44,50)(H2,42,43,49)/t26-,27+,28-,37-/m0/s1. The van der Waals surface area contributed by atoms with E-state index >= 15 is 0 Å². The lowest BCUT2D eigenvalue weighted by molar-refractivity contribution is -0.0115. The Morgan fingerprint density at radius 3 is 2.44 bits per heavy atom. The van der Waals surface area contributed by atoms with Crippen LogP contribution in [0.5, 0.6) is 5.75 Å². The van der Waals surface area contributed by atoms with Gasteiger partial charge in [-0.3, -0.25) is 4.79 Å². The highest BCUT2D eigenvalue weighted by Gasteiger charge is 2.31. The third-order valence-electron chi connectivity index (χ3n) is 9.24. The zero-order valence-corrected chi connectivity index (χ0v) is 30.1. The molecule has 52 heavy (non-hydrogen) atoms. The number of ether oxygens (including phenoxy) is 2. The number of urea groups is 2. The summed E-state index contributed by atoms with van der Waals surface area (Å²) in [5, 5.41) is 20.7. The fourth-order valence-corrected chi connectivity index (χ4v) is 6.19. The van der Waals surface area contributed by atoms with E-state index < -0.39 is 29.9 Å². The number of aliphatic hydroxyl groups excluding tert-OH is 1. The smallest absolute Gasteiger partial charge is 0.323 e. The van der Waals surface area contributed by atoms with Gasteiger partial charge in [-0.2, -0.15) is 0 Å². The molecular weight excluding hydrogens is 665 g/mol. The van der Waals surface area contributed by atoms with Crippen LogP contribution in [0.15, 0.2) is 84.9 Å². The average Bonchev–Trinajstić information content (AvgIpc) is 3.13. The maximum Gasteiger partial charge on any atom is 0.323 e. The molecule has 0 aromatic heterocycles. The van der Waals surface area contributed by atoms with Gasteiger partial charge in [0.2, 0.25) is 0 Å². The molecule has 12 heteroatoms. The molecule has 1 heterocycles. The summed E-state index contributed by atoms with van der Waals surface area (Å²) >= 11 is 0. The third kappa shape index (κ3) is 9.98. The number of hydrogen-bond acceptors (Lipinski definition) is 6. The Balaban J connectivity index is 1.36. The molecule has 4 N–H and O–H groups in total. The van der Waals surface area contributed by atoms with Crippen LogP contribution in [0, 0.1) is 11.7 Å². The highest BCUT2D eigenvalue weighted by Crippen LogP contribution is 2.29. The Morgan fingerprint density at radius 2 is 1.67 bits per heavy atom. The minimum Gasteiger partial charge on any atom is -0.490 e. The Bertz CT molecular complexity index is 1830. The van der Waals surface area contributed by atoms with Crippen molar-refractivity contribution in [2.24, 2.45) is 5.92 Å². The van der Waals surface area contributed by atoms with Crippen LogP contribution in [-0.4, -0.2) is 84.5 Å². The minimum atomic E-state index is -0.572. The van der Waals surface area contributed by atoms with E-state index in [4.69, 9.17) is 9.47 Å². The van der Waals surface area contributed by atoms with Crippen LogP contribution in [0.1, 0.15) is 50.4 Å². The highest BCUT2D eigenvalue weighted by molar-refractivity contribution is 6.03. The van der Waals surface area contributed by atoms with Crippen molar-refractivity contribution in [3.8, 4) is 5.75 Å². The Morgan fingerprint density at radius 1 is 0.962 bits per heavy atom. The lowest BCUT2D eigenvalue weighted by Crippen LogP contribution is -2.48. The number of nitrogens with zero attached hydrogens (tertiary/aromatic N) is 2. The highest BCUT2D eigenvalue weighted by atomic mass is 19.1. The average molecular weight is 714 g/mol. The maximum absolute atomic E-state index is 14.4. The van der Waals surface area contributed by atoms with Crippen LogP contribution >= 0.6 is 0 Å². The monoisotopic (exact) mass is 713 g/mol. The number of carbonyl (C=O) groups is 3. The number of likely N-dealkylation sites (N-methyl/N-ethyl adjacent to an activating group) is 1. The molecule has 4 aromatic carbocycles. The van der Waals surface area contributed by atoms with Crippen molar-refractivity contribution in [3.63, 3.8) is 0 Å². The number of hydrogen-bond donors (Lipinski definition) is 4. The first-order valence-electron chi connectivity index (χ1n) is 17.7. The van der Waals surface area contributed by atoms with E-state index in [0.717, 1.165) is 23.6 Å². The van der Waals surface area contributed by atoms with Gasteiger partial charge in [0.25, 0.3) is 5.91 Å². The Labute approximate surface area is 304 Å². The van der Waals surface area contributed by atoms with E-state index in [-0.39, 0.29) is 43.3 Å². The zero-order valence-electron chi connectivity index (χ0n) is 30.1. The topological polar surface area (TPSA) is 132 Å². The van der Waals surface area contributed by atoms with Crippen molar-refractivity contribution >= 4 is 45.8 Å². The second kappa shape index (κ2) is 17.8. The number of fused-ring (bicyclic) bond motifs is 2. The SMILES string of the molecule is C[C@H](CO)N1C[C@H](C)[C@H](CN(C)C(=O)Nc2cccc3ccccc23)OCCCC[C@H](C)Oc2ccc(NC(=O)Nc3ccc(F)cc3)cc2C1=O. The molecule has 0 saturated carbocycles. The van der Waals surface area contributed by atoms with E-state index in [1.807, 2.05) is 56.3 Å². The van der Waals surface area contributed by atoms with Gasteiger partial charge >= 0.3 is 12.1 Å². The summed E-state index contributed by atoms with van der Waals surface area (Å²) in [5.74, 6) is -0.705. The Hall–Kier alpha value is -5.20. The lowest BCUT2D eigenvalue weighted by Gasteiger charge is -2.35. The van der Waals surface area contributed by atoms with Gasteiger partial charge in [-0.05, 0) is 87.0 Å². The first-order chi connectivity index (χ1) is 25.0. The van der Waals surface area contributed by atoms with E-state index in [9.17, 15) is 23.9 Å². The van der Waals surface area contributed by atoms with Gasteiger partial charge in [0.1, 0.15) is 11.6 Å². The summed E-state index contributed by atoms with van der Waals surface area (Å²) in [4.78, 5) is 43.9. The minimum absolute atomic E-state index is 0.210. The Kier molecular flexibility index (Phi) is 13.0. The number of rotatable bonds is 7. The largest absolute Gasteiger partial charge is 0.490 e. The van der Waals surface area contributed by atoms with Crippen molar-refractivity contribution < 1.29 is 33.4 Å². The van der Waals surface area contributed by atoms with Gasteiger partial charge in [-0.15, -0.1) is 0 Å². The molecule has 5 amide bonds. The van der Waals surface area contributed by atoms with Gasteiger partial charge in [0.15, 0.2) is 0 Å². The van der Waals surface area contributed by atoms with E-state index in [2.05, 4.69) is 16.0 Å². The molecular formula is C40H48FN5O6. The van der Waals surface area contributed by atoms with Gasteiger partial charge in [0, 0.05) is 49.4 Å². The van der Waals surface area contributed by atoms with E-state index in [1.54, 1.807) is 42.0 Å². The molecule has 0 bridgehead atoms. The van der Waals surface area contributed by atoms with Crippen molar-refractivity contribution in [3.05, 3.63) is 96.3 Å². The summed E-state index contributed by atoms with van der Waals surface area (Å²) in [6.45, 7) is 6.31. The summed E-state index contributed by atoms with van der Waals surface area (Å²) < 4.78 is 26.0. The van der Waals surface area contributed by atoms with Crippen LogP contribution in [0.4, 0.5) is 31.0 Å². The molecule has 4 aromatic rings. The van der Waals surface area contributed by atoms with Gasteiger partial charge < -0.3 is 40.3 Å². The summed E-state index contributed by atoms with van der Waals surface area (Å²) in [6.07, 6.45) is 1.65. The van der Waals surface area contributed by atoms with Gasteiger partial charge in [-0.1, -0.05) is 43.3 Å². The first-order valence-corrected chi connectivity index (χ1v) is 17.7. The first kappa shape index (κ1) is 38.0. The second-order valence-electron chi connectivity index (χ2n) is 13.4. The van der Waals surface area contributed by atoms with E-state index in [0.29, 0.717) is 35.8 Å². The molecule has 0 radical (unpaired) electrons. The van der Waals surface area contributed by atoms with Crippen LogP contribution in [0.25, 0.3) is 10.8 Å². The van der Waals surface area contributed by atoms with Crippen LogP contribution < -0.4 is 20.7 Å². The lowest BCUT2D eigenvalue weighted by atomic mass is 10.0. The second-order valence-corrected chi connectivity index (χ2v) is 13.4. The fraction of sp³-hybridized carbons (Fsp3) is 0.375. The fourth-order valence-electron chi connectivity index (χ4n) is 6.19. The molecule has 0 fully saturated rings. The summed E-state index contributed by atoms with van der Waals surface area (Å²) in [6, 6.07) is 22.4. The van der Waals surface area contributed by atoms with E-state index in [1.165, 1.54) is 24.3 Å². The predicted octanol–water partition coefficient (Wildman–Crippen LogP) is 7.58. The van der Waals surface area contributed by atoms with Crippen molar-refractivity contribution in [1.29, 1.82) is 0 Å². The number of nitrogens with one attached hydrogen (secondary N) is 3. The number of halogens is 1. The molecule has 1 aliphatic rings. The number of benzene rings is 4. The maximum atomic E-state index is 14.4. The molecule has 11 nitrogen and oxygen atoms in total. The summed E-state index contributed by atoms with van der Waals surface area (Å²) in [5.41, 5.74) is 1.67. The third-order valence-corrected chi connectivity index (χ3v) is 9.24. The van der Waals surface area contributed by atoms with Crippen molar-refractivity contribution in [2.75, 3.05) is 49.3 Å². The van der Waals surface area contributed by atoms with Gasteiger partial charge in [0.05, 0.1) is 36.1 Å². The number of amides is 5. The quantitative estimate of drug-likeness (QED) is 0.156. The number of anilines is 3. The van der Waals surface area contributed by atoms with Crippen LogP contribution in [0.3, 0.4) is 0 Å². The normalized spacial score (nSPS) is 19.1. The molecule has 0 saturated heterocycles. The molecule has 0 unspecified atom stereocenters. The molecule has 0 spiro atoms. The van der Waals surface area contributed by atoms with Crippen molar-refractivity contribution in [2.45, 2.75) is 58.3 Å².